The number of nitrogens with one attached hydrogen (secondary N) is 1. The summed E-state index contributed by atoms with van der Waals surface area (Å²) in [6, 6.07) is 5.27. The summed E-state index contributed by atoms with van der Waals surface area (Å²) < 4.78 is 27.4. The molecular weight excluding hydrogens is 270 g/mol. The van der Waals surface area contributed by atoms with Crippen LogP contribution in [-0.2, 0) is 0 Å². The molecule has 2 rings (SSSR count). The number of benzene rings is 1. The highest BCUT2D eigenvalue weighted by atomic mass is 35.5. The Morgan fingerprint density at radius 1 is 1.21 bits per heavy atom. The maximum Gasteiger partial charge on any atom is 0.142 e. The predicted octanol–water partition coefficient (Wildman–Crippen LogP) is 3.63. The SMILES string of the molecule is CNC(c1ccc(C)nc1)c1cc(F)c(Cl)cc1F. The van der Waals surface area contributed by atoms with Crippen LogP contribution in [0.15, 0.2) is 30.5 Å². The van der Waals surface area contributed by atoms with Crippen LogP contribution in [0.3, 0.4) is 0 Å². The van der Waals surface area contributed by atoms with E-state index in [9.17, 15) is 8.78 Å². The number of hydrogen-bond donors (Lipinski definition) is 1. The van der Waals surface area contributed by atoms with Crippen LogP contribution in [0.1, 0.15) is 22.9 Å². The summed E-state index contributed by atoms with van der Waals surface area (Å²) in [7, 11) is 1.68. The van der Waals surface area contributed by atoms with Crippen LogP contribution in [0, 0.1) is 18.6 Å². The number of hydrogen-bond acceptors (Lipinski definition) is 2. The minimum absolute atomic E-state index is 0.204. The molecule has 0 amide bonds. The number of nitrogens with zero attached hydrogens (tertiary/aromatic N) is 1. The molecule has 0 bridgehead atoms. The first-order valence-electron chi connectivity index (χ1n) is 5.77. The Balaban J connectivity index is 2.47. The van der Waals surface area contributed by atoms with E-state index in [0.29, 0.717) is 0 Å². The van der Waals surface area contributed by atoms with Crippen molar-refractivity contribution in [3.63, 3.8) is 0 Å². The van der Waals surface area contributed by atoms with Crippen LogP contribution in [-0.4, -0.2) is 12.0 Å². The zero-order chi connectivity index (χ0) is 14.0. The highest BCUT2D eigenvalue weighted by molar-refractivity contribution is 6.30. The fourth-order valence-electron chi connectivity index (χ4n) is 1.91. The van der Waals surface area contributed by atoms with Gasteiger partial charge in [-0.2, -0.15) is 0 Å². The molecule has 0 aliphatic heterocycles. The van der Waals surface area contributed by atoms with Crippen molar-refractivity contribution in [2.75, 3.05) is 7.05 Å². The molecule has 100 valence electrons. The van der Waals surface area contributed by atoms with E-state index in [1.54, 1.807) is 13.2 Å². The van der Waals surface area contributed by atoms with Gasteiger partial charge >= 0.3 is 0 Å². The van der Waals surface area contributed by atoms with E-state index in [2.05, 4.69) is 10.3 Å². The molecular formula is C14H13ClF2N2. The van der Waals surface area contributed by atoms with Crippen LogP contribution in [0.4, 0.5) is 8.78 Å². The summed E-state index contributed by atoms with van der Waals surface area (Å²) in [5, 5.41) is 2.73. The molecule has 1 atom stereocenters. The van der Waals surface area contributed by atoms with Gasteiger partial charge in [0.1, 0.15) is 11.6 Å². The van der Waals surface area contributed by atoms with Crippen molar-refractivity contribution in [3.8, 4) is 0 Å². The normalized spacial score (nSPS) is 12.5. The summed E-state index contributed by atoms with van der Waals surface area (Å²) in [5.74, 6) is -1.19. The second-order valence-electron chi connectivity index (χ2n) is 4.24. The van der Waals surface area contributed by atoms with E-state index in [0.717, 1.165) is 23.4 Å². The van der Waals surface area contributed by atoms with Crippen LogP contribution >= 0.6 is 11.6 Å². The van der Waals surface area contributed by atoms with Crippen molar-refractivity contribution in [1.29, 1.82) is 0 Å². The third-order valence-corrected chi connectivity index (χ3v) is 3.20. The first kappa shape index (κ1) is 13.9. The Bertz CT molecular complexity index is 585. The van der Waals surface area contributed by atoms with E-state index in [-0.39, 0.29) is 10.6 Å². The van der Waals surface area contributed by atoms with Crippen molar-refractivity contribution in [2.24, 2.45) is 0 Å². The molecule has 0 aliphatic carbocycles. The van der Waals surface area contributed by atoms with Gasteiger partial charge in [0.2, 0.25) is 0 Å². The highest BCUT2D eigenvalue weighted by Crippen LogP contribution is 2.27. The lowest BCUT2D eigenvalue weighted by atomic mass is 9.99. The molecule has 0 spiro atoms. The Hall–Kier alpha value is -1.52. The maximum atomic E-state index is 13.9. The van der Waals surface area contributed by atoms with Gasteiger partial charge in [-0.25, -0.2) is 8.78 Å². The Kier molecular flexibility index (Phi) is 4.12. The lowest BCUT2D eigenvalue weighted by molar-refractivity contribution is 0.558. The highest BCUT2D eigenvalue weighted by Gasteiger charge is 2.18. The van der Waals surface area contributed by atoms with Crippen molar-refractivity contribution >= 4 is 11.6 Å². The molecule has 5 heteroatoms. The third kappa shape index (κ3) is 2.91. The third-order valence-electron chi connectivity index (χ3n) is 2.91. The zero-order valence-corrected chi connectivity index (χ0v) is 11.3. The molecule has 1 N–H and O–H groups in total. The van der Waals surface area contributed by atoms with Crippen molar-refractivity contribution < 1.29 is 8.78 Å². The summed E-state index contributed by atoms with van der Waals surface area (Å²) in [5.41, 5.74) is 1.82. The molecule has 0 aliphatic rings. The van der Waals surface area contributed by atoms with Crippen LogP contribution in [0.5, 0.6) is 0 Å². The molecule has 0 saturated heterocycles. The van der Waals surface area contributed by atoms with Gasteiger partial charge in [-0.3, -0.25) is 4.98 Å². The fraction of sp³-hybridized carbons (Fsp3) is 0.214. The smallest absolute Gasteiger partial charge is 0.142 e. The maximum absolute atomic E-state index is 13.9. The average Bonchev–Trinajstić information content (AvgIpc) is 2.38. The Morgan fingerprint density at radius 2 is 1.95 bits per heavy atom. The van der Waals surface area contributed by atoms with Gasteiger partial charge < -0.3 is 5.32 Å². The van der Waals surface area contributed by atoms with Crippen LogP contribution < -0.4 is 5.32 Å². The van der Waals surface area contributed by atoms with E-state index in [4.69, 9.17) is 11.6 Å². The molecule has 1 unspecified atom stereocenters. The largest absolute Gasteiger partial charge is 0.309 e. The van der Waals surface area contributed by atoms with E-state index in [1.807, 2.05) is 19.1 Å². The van der Waals surface area contributed by atoms with Gasteiger partial charge in [0.05, 0.1) is 11.1 Å². The van der Waals surface area contributed by atoms with Crippen molar-refractivity contribution in [1.82, 2.24) is 10.3 Å². The Labute approximate surface area is 115 Å². The standard InChI is InChI=1S/C14H13ClF2N2/c1-8-3-4-9(7-19-8)14(18-2)10-5-13(17)11(15)6-12(10)16/h3-7,14,18H,1-2H3. The molecule has 0 radical (unpaired) electrons. The second-order valence-corrected chi connectivity index (χ2v) is 4.65. The van der Waals surface area contributed by atoms with Gasteiger partial charge in [0.15, 0.2) is 0 Å². The van der Waals surface area contributed by atoms with E-state index in [1.165, 1.54) is 0 Å². The zero-order valence-electron chi connectivity index (χ0n) is 10.5. The van der Waals surface area contributed by atoms with Gasteiger partial charge in [-0.05, 0) is 37.7 Å². The quantitative estimate of drug-likeness (QED) is 0.870. The molecule has 1 aromatic carbocycles. The minimum Gasteiger partial charge on any atom is -0.309 e. The minimum atomic E-state index is -0.640. The summed E-state index contributed by atoms with van der Waals surface area (Å²) >= 11 is 5.55. The summed E-state index contributed by atoms with van der Waals surface area (Å²) in [6.45, 7) is 1.86. The predicted molar refractivity (Wildman–Crippen MR) is 71.2 cm³/mol. The monoisotopic (exact) mass is 282 g/mol. The van der Waals surface area contributed by atoms with Crippen LogP contribution in [0.2, 0.25) is 5.02 Å². The van der Waals surface area contributed by atoms with Crippen molar-refractivity contribution in [2.45, 2.75) is 13.0 Å². The molecule has 19 heavy (non-hydrogen) atoms. The topological polar surface area (TPSA) is 24.9 Å². The average molecular weight is 283 g/mol. The van der Waals surface area contributed by atoms with Gasteiger partial charge in [-0.15, -0.1) is 0 Å². The number of aromatic nitrogens is 1. The molecule has 2 nitrogen and oxygen atoms in total. The van der Waals surface area contributed by atoms with Gasteiger partial charge in [0.25, 0.3) is 0 Å². The molecule has 0 fully saturated rings. The van der Waals surface area contributed by atoms with Crippen molar-refractivity contribution in [3.05, 3.63) is 63.9 Å². The molecule has 2 aromatic rings. The van der Waals surface area contributed by atoms with E-state index < -0.39 is 17.7 Å². The molecule has 1 heterocycles. The molecule has 0 saturated carbocycles. The van der Waals surface area contributed by atoms with Gasteiger partial charge in [0, 0.05) is 17.5 Å². The fourth-order valence-corrected chi connectivity index (χ4v) is 2.06. The number of rotatable bonds is 3. The lowest BCUT2D eigenvalue weighted by Gasteiger charge is -2.18. The summed E-state index contributed by atoms with van der Waals surface area (Å²) in [4.78, 5) is 4.16. The first-order valence-corrected chi connectivity index (χ1v) is 6.15. The second kappa shape index (κ2) is 5.63. The first-order chi connectivity index (χ1) is 9.02. The van der Waals surface area contributed by atoms with Crippen LogP contribution in [0.25, 0.3) is 0 Å². The number of halogens is 3. The Morgan fingerprint density at radius 3 is 2.53 bits per heavy atom. The van der Waals surface area contributed by atoms with Gasteiger partial charge in [-0.1, -0.05) is 17.7 Å². The number of pyridine rings is 1. The molecule has 1 aromatic heterocycles. The lowest BCUT2D eigenvalue weighted by Crippen LogP contribution is -2.19. The van der Waals surface area contributed by atoms with E-state index >= 15 is 0 Å². The number of aryl methyl sites for hydroxylation is 1. The summed E-state index contributed by atoms with van der Waals surface area (Å²) in [6.07, 6.45) is 1.64.